The van der Waals surface area contributed by atoms with Gasteiger partial charge >= 0.3 is 0 Å². The lowest BCUT2D eigenvalue weighted by Crippen LogP contribution is -2.23. The number of para-hydroxylation sites is 1. The van der Waals surface area contributed by atoms with Crippen molar-refractivity contribution in [2.24, 2.45) is 0 Å². The zero-order valence-electron chi connectivity index (χ0n) is 19.6. The van der Waals surface area contributed by atoms with E-state index in [2.05, 4.69) is 20.8 Å². The summed E-state index contributed by atoms with van der Waals surface area (Å²) >= 11 is 1.50. The van der Waals surface area contributed by atoms with Crippen molar-refractivity contribution < 1.29 is 19.0 Å². The summed E-state index contributed by atoms with van der Waals surface area (Å²) in [5.41, 5.74) is 2.21. The lowest BCUT2D eigenvalue weighted by Gasteiger charge is -2.15. The monoisotopic (exact) mass is 491 g/mol. The molecule has 0 saturated heterocycles. The van der Waals surface area contributed by atoms with Gasteiger partial charge in [0.2, 0.25) is 0 Å². The van der Waals surface area contributed by atoms with Crippen LogP contribution in [0.1, 0.15) is 21.7 Å². The normalized spacial score (nSPS) is 10.6. The van der Waals surface area contributed by atoms with Gasteiger partial charge in [-0.1, -0.05) is 30.3 Å². The number of benzene rings is 3. The summed E-state index contributed by atoms with van der Waals surface area (Å²) < 4.78 is 17.9. The number of amides is 1. The molecule has 1 N–H and O–H groups in total. The lowest BCUT2D eigenvalue weighted by atomic mass is 10.1. The van der Waals surface area contributed by atoms with E-state index in [-0.39, 0.29) is 12.5 Å². The molecule has 4 aromatic rings. The molecule has 35 heavy (non-hydrogen) atoms. The molecule has 3 aromatic carbocycles. The summed E-state index contributed by atoms with van der Waals surface area (Å²) in [6.45, 7) is 0.258. The number of nitrogens with zero attached hydrogens (tertiary/aromatic N) is 4. The van der Waals surface area contributed by atoms with Crippen LogP contribution in [0.3, 0.4) is 0 Å². The summed E-state index contributed by atoms with van der Waals surface area (Å²) in [5.74, 6) is 2.69. The fourth-order valence-electron chi connectivity index (χ4n) is 3.49. The molecule has 4 rings (SSSR count). The lowest BCUT2D eigenvalue weighted by molar-refractivity contribution is 0.0947. The number of hydrogen-bond acceptors (Lipinski definition) is 8. The van der Waals surface area contributed by atoms with Crippen LogP contribution >= 0.6 is 11.8 Å². The quantitative estimate of drug-likeness (QED) is 0.333. The Morgan fingerprint density at radius 1 is 0.914 bits per heavy atom. The number of thioether (sulfide) groups is 1. The second kappa shape index (κ2) is 11.4. The molecule has 0 saturated carbocycles. The van der Waals surface area contributed by atoms with Crippen molar-refractivity contribution in [1.82, 2.24) is 25.5 Å². The van der Waals surface area contributed by atoms with Crippen molar-refractivity contribution in [3.05, 3.63) is 83.7 Å². The molecule has 0 aliphatic carbocycles. The van der Waals surface area contributed by atoms with Crippen LogP contribution in [0.2, 0.25) is 0 Å². The van der Waals surface area contributed by atoms with Crippen molar-refractivity contribution in [3.63, 3.8) is 0 Å². The van der Waals surface area contributed by atoms with Gasteiger partial charge in [0.1, 0.15) is 5.75 Å². The largest absolute Gasteiger partial charge is 0.496 e. The van der Waals surface area contributed by atoms with Gasteiger partial charge in [0.25, 0.3) is 5.91 Å². The zero-order valence-corrected chi connectivity index (χ0v) is 20.4. The average Bonchev–Trinajstić information content (AvgIpc) is 3.39. The Bertz CT molecular complexity index is 1300. The molecule has 0 unspecified atom stereocenters. The molecule has 1 amide bonds. The number of carbonyl (C=O) groups is 1. The fourth-order valence-corrected chi connectivity index (χ4v) is 4.44. The van der Waals surface area contributed by atoms with E-state index in [0.29, 0.717) is 34.4 Å². The van der Waals surface area contributed by atoms with E-state index in [1.165, 1.54) is 11.8 Å². The van der Waals surface area contributed by atoms with Crippen LogP contribution in [0.15, 0.2) is 71.6 Å². The molecule has 9 nitrogen and oxygen atoms in total. The summed E-state index contributed by atoms with van der Waals surface area (Å²) in [6.07, 6.45) is 0. The summed E-state index contributed by atoms with van der Waals surface area (Å²) in [4.78, 5) is 13.9. The van der Waals surface area contributed by atoms with E-state index in [9.17, 15) is 4.79 Å². The van der Waals surface area contributed by atoms with Crippen LogP contribution in [-0.4, -0.2) is 47.4 Å². The van der Waals surface area contributed by atoms with E-state index >= 15 is 0 Å². The van der Waals surface area contributed by atoms with Crippen molar-refractivity contribution in [2.45, 2.75) is 17.2 Å². The summed E-state index contributed by atoms with van der Waals surface area (Å²) in [6, 6.07) is 20.7. The number of nitrogens with one attached hydrogen (secondary N) is 1. The van der Waals surface area contributed by atoms with E-state index in [0.717, 1.165) is 16.1 Å². The van der Waals surface area contributed by atoms with Crippen molar-refractivity contribution in [2.75, 3.05) is 21.3 Å². The minimum atomic E-state index is -0.201. The van der Waals surface area contributed by atoms with Crippen molar-refractivity contribution in [3.8, 4) is 22.9 Å². The third-order valence-corrected chi connectivity index (χ3v) is 6.32. The molecule has 0 aliphatic heterocycles. The van der Waals surface area contributed by atoms with Gasteiger partial charge in [-0.2, -0.15) is 4.68 Å². The maximum Gasteiger partial charge on any atom is 0.252 e. The van der Waals surface area contributed by atoms with Gasteiger partial charge in [0.15, 0.2) is 17.3 Å². The molecule has 0 fully saturated rings. The highest BCUT2D eigenvalue weighted by Crippen LogP contribution is 2.34. The second-order valence-corrected chi connectivity index (χ2v) is 8.35. The maximum absolute atomic E-state index is 13.1. The Hall–Kier alpha value is -4.05. The average molecular weight is 492 g/mol. The molecule has 1 heterocycles. The first-order valence-electron chi connectivity index (χ1n) is 10.8. The standard InChI is InChI=1S/C25H25N5O4S/c1-32-20-14-22(34-3)21(33-2)13-17(20)15-26-25(31)19-11-7-8-12-23(19)35-16-24-27-28-29-30(24)18-9-5-4-6-10-18/h4-14H,15-16H2,1-3H3,(H,26,31). The molecule has 0 spiro atoms. The minimum Gasteiger partial charge on any atom is -0.496 e. The van der Waals surface area contributed by atoms with E-state index in [1.807, 2.05) is 48.5 Å². The third-order valence-electron chi connectivity index (χ3n) is 5.25. The molecular weight excluding hydrogens is 466 g/mol. The van der Waals surface area contributed by atoms with Crippen molar-refractivity contribution in [1.29, 1.82) is 0 Å². The first-order valence-corrected chi connectivity index (χ1v) is 11.7. The van der Waals surface area contributed by atoms with Crippen LogP contribution < -0.4 is 19.5 Å². The Labute approximate surface area is 207 Å². The number of methoxy groups -OCH3 is 3. The molecule has 1 aromatic heterocycles. The molecule has 180 valence electrons. The molecule has 0 radical (unpaired) electrons. The number of ether oxygens (including phenoxy) is 3. The van der Waals surface area contributed by atoms with Gasteiger partial charge in [-0.3, -0.25) is 4.79 Å². The number of rotatable bonds is 10. The van der Waals surface area contributed by atoms with Crippen molar-refractivity contribution >= 4 is 17.7 Å². The summed E-state index contributed by atoms with van der Waals surface area (Å²) in [7, 11) is 4.70. The van der Waals surface area contributed by atoms with Gasteiger partial charge in [-0.05, 0) is 40.8 Å². The van der Waals surface area contributed by atoms with Gasteiger partial charge in [-0.15, -0.1) is 16.9 Å². The van der Waals surface area contributed by atoms with Gasteiger partial charge in [0, 0.05) is 23.1 Å². The smallest absolute Gasteiger partial charge is 0.252 e. The highest BCUT2D eigenvalue weighted by Gasteiger charge is 2.16. The second-order valence-electron chi connectivity index (χ2n) is 7.33. The third kappa shape index (κ3) is 5.55. The van der Waals surface area contributed by atoms with E-state index < -0.39 is 0 Å². The Morgan fingerprint density at radius 3 is 2.34 bits per heavy atom. The Morgan fingerprint density at radius 2 is 1.60 bits per heavy atom. The highest BCUT2D eigenvalue weighted by atomic mass is 32.2. The highest BCUT2D eigenvalue weighted by molar-refractivity contribution is 7.98. The van der Waals surface area contributed by atoms with Crippen LogP contribution in [0.25, 0.3) is 5.69 Å². The molecule has 0 aliphatic rings. The predicted molar refractivity (Wildman–Crippen MR) is 132 cm³/mol. The number of carbonyl (C=O) groups excluding carboxylic acids is 1. The van der Waals surface area contributed by atoms with E-state index in [4.69, 9.17) is 14.2 Å². The maximum atomic E-state index is 13.1. The number of tetrazole rings is 1. The number of aromatic nitrogens is 4. The fraction of sp³-hybridized carbons (Fsp3) is 0.200. The first-order chi connectivity index (χ1) is 17.1. The van der Waals surface area contributed by atoms with Gasteiger partial charge < -0.3 is 19.5 Å². The van der Waals surface area contributed by atoms with Gasteiger partial charge in [0.05, 0.1) is 38.3 Å². The van der Waals surface area contributed by atoms with Crippen LogP contribution in [0, 0.1) is 0 Å². The van der Waals surface area contributed by atoms with Crippen LogP contribution in [0.5, 0.6) is 17.2 Å². The molecule has 0 bridgehead atoms. The molecule has 10 heteroatoms. The Balaban J connectivity index is 1.48. The van der Waals surface area contributed by atoms with E-state index in [1.54, 1.807) is 44.2 Å². The topological polar surface area (TPSA) is 100 Å². The zero-order chi connectivity index (χ0) is 24.6. The SMILES string of the molecule is COc1cc(OC)c(OC)cc1CNC(=O)c1ccccc1SCc1nnnn1-c1ccccc1. The molecule has 0 atom stereocenters. The minimum absolute atomic E-state index is 0.201. The Kier molecular flexibility index (Phi) is 7.84. The summed E-state index contributed by atoms with van der Waals surface area (Å²) in [5, 5.41) is 15.0. The number of hydrogen-bond donors (Lipinski definition) is 1. The predicted octanol–water partition coefficient (Wildman–Crippen LogP) is 3.91. The van der Waals surface area contributed by atoms with Crippen LogP contribution in [-0.2, 0) is 12.3 Å². The van der Waals surface area contributed by atoms with Gasteiger partial charge in [-0.25, -0.2) is 0 Å². The first kappa shape index (κ1) is 24.1. The molecular formula is C25H25N5O4S. The van der Waals surface area contributed by atoms with Crippen LogP contribution in [0.4, 0.5) is 0 Å².